The van der Waals surface area contributed by atoms with Gasteiger partial charge in [-0.25, -0.2) is 9.59 Å². The van der Waals surface area contributed by atoms with E-state index < -0.39 is 12.1 Å². The van der Waals surface area contributed by atoms with E-state index in [2.05, 4.69) is 5.32 Å². The zero-order valence-electron chi connectivity index (χ0n) is 12.2. The van der Waals surface area contributed by atoms with Crippen molar-refractivity contribution in [1.82, 2.24) is 5.32 Å². The molecule has 0 radical (unpaired) electrons. The molecule has 5 nitrogen and oxygen atoms in total. The summed E-state index contributed by atoms with van der Waals surface area (Å²) in [4.78, 5) is 22.6. The number of carbonyl (C=O) groups is 2. The summed E-state index contributed by atoms with van der Waals surface area (Å²) in [6, 6.07) is 14.3. The molecule has 0 fully saturated rings. The second-order valence-electron chi connectivity index (χ2n) is 4.87. The quantitative estimate of drug-likeness (QED) is 0.889. The van der Waals surface area contributed by atoms with E-state index in [1.54, 1.807) is 19.1 Å². The molecule has 1 amide bonds. The second-order valence-corrected chi connectivity index (χ2v) is 4.87. The molecular weight excluding hydrogens is 282 g/mol. The first-order valence-electron chi connectivity index (χ1n) is 6.83. The Kier molecular flexibility index (Phi) is 5.14. The van der Waals surface area contributed by atoms with Crippen molar-refractivity contribution in [2.45, 2.75) is 20.1 Å². The van der Waals surface area contributed by atoms with Crippen molar-refractivity contribution in [2.75, 3.05) is 0 Å². The number of benzene rings is 2. The van der Waals surface area contributed by atoms with Gasteiger partial charge in [0, 0.05) is 6.54 Å². The zero-order chi connectivity index (χ0) is 15.9. The molecule has 0 saturated heterocycles. The number of rotatable bonds is 5. The van der Waals surface area contributed by atoms with E-state index in [-0.39, 0.29) is 18.7 Å². The molecule has 2 aromatic rings. The number of aryl methyl sites for hydroxylation is 1. The number of nitrogens with one attached hydrogen (secondary N) is 1. The third-order valence-electron chi connectivity index (χ3n) is 3.17. The van der Waals surface area contributed by atoms with Crippen LogP contribution in [0.2, 0.25) is 0 Å². The number of amides is 1. The van der Waals surface area contributed by atoms with Gasteiger partial charge in [-0.2, -0.15) is 0 Å². The fourth-order valence-corrected chi connectivity index (χ4v) is 2.02. The van der Waals surface area contributed by atoms with Crippen LogP contribution in [0.15, 0.2) is 48.5 Å². The van der Waals surface area contributed by atoms with Gasteiger partial charge in [0.15, 0.2) is 0 Å². The van der Waals surface area contributed by atoms with E-state index in [1.165, 1.54) is 6.07 Å². The first-order chi connectivity index (χ1) is 10.6. The second kappa shape index (κ2) is 7.26. The summed E-state index contributed by atoms with van der Waals surface area (Å²) in [7, 11) is 0. The normalized spacial score (nSPS) is 10.0. The number of carbonyl (C=O) groups excluding carboxylic acids is 1. The van der Waals surface area contributed by atoms with Crippen LogP contribution in [0.5, 0.6) is 0 Å². The zero-order valence-corrected chi connectivity index (χ0v) is 12.2. The monoisotopic (exact) mass is 299 g/mol. The van der Waals surface area contributed by atoms with E-state index in [4.69, 9.17) is 9.84 Å². The van der Waals surface area contributed by atoms with Crippen LogP contribution in [0.1, 0.15) is 27.0 Å². The fourth-order valence-electron chi connectivity index (χ4n) is 2.02. The predicted molar refractivity (Wildman–Crippen MR) is 81.6 cm³/mol. The van der Waals surface area contributed by atoms with Crippen LogP contribution < -0.4 is 5.32 Å². The summed E-state index contributed by atoms with van der Waals surface area (Å²) in [5, 5.41) is 11.6. The third kappa shape index (κ3) is 4.34. The summed E-state index contributed by atoms with van der Waals surface area (Å²) in [5.41, 5.74) is 2.65. The van der Waals surface area contributed by atoms with Crippen molar-refractivity contribution in [3.05, 3.63) is 70.8 Å². The standard InChI is InChI=1S/C17H17NO4/c1-12-9-14(7-8-15(12)16(19)20)10-18-17(21)22-11-13-5-3-2-4-6-13/h2-9H,10-11H2,1H3,(H,18,21)(H,19,20). The van der Waals surface area contributed by atoms with E-state index in [9.17, 15) is 9.59 Å². The minimum Gasteiger partial charge on any atom is -0.478 e. The van der Waals surface area contributed by atoms with Crippen molar-refractivity contribution in [2.24, 2.45) is 0 Å². The molecule has 0 spiro atoms. The molecule has 0 saturated carbocycles. The Hall–Kier alpha value is -2.82. The first kappa shape index (κ1) is 15.6. The van der Waals surface area contributed by atoms with Crippen molar-refractivity contribution in [3.63, 3.8) is 0 Å². The minimum absolute atomic E-state index is 0.212. The Labute approximate surface area is 128 Å². The number of carboxylic acids is 1. The number of alkyl carbamates (subject to hydrolysis) is 1. The molecule has 0 atom stereocenters. The van der Waals surface area contributed by atoms with Gasteiger partial charge in [-0.3, -0.25) is 0 Å². The number of ether oxygens (including phenoxy) is 1. The summed E-state index contributed by atoms with van der Waals surface area (Å²) in [6.45, 7) is 2.22. The first-order valence-corrected chi connectivity index (χ1v) is 6.83. The molecule has 2 aromatic carbocycles. The van der Waals surface area contributed by atoms with Crippen molar-refractivity contribution >= 4 is 12.1 Å². The van der Waals surface area contributed by atoms with Gasteiger partial charge >= 0.3 is 12.1 Å². The van der Waals surface area contributed by atoms with Gasteiger partial charge in [0.25, 0.3) is 0 Å². The summed E-state index contributed by atoms with van der Waals surface area (Å²) in [6.07, 6.45) is -0.510. The maximum absolute atomic E-state index is 11.6. The van der Waals surface area contributed by atoms with Gasteiger partial charge in [-0.1, -0.05) is 42.5 Å². The molecule has 114 valence electrons. The highest BCUT2D eigenvalue weighted by Crippen LogP contribution is 2.11. The molecule has 0 unspecified atom stereocenters. The highest BCUT2D eigenvalue weighted by Gasteiger charge is 2.08. The van der Waals surface area contributed by atoms with Gasteiger partial charge in [-0.15, -0.1) is 0 Å². The van der Waals surface area contributed by atoms with Gasteiger partial charge in [0.2, 0.25) is 0 Å². The molecule has 22 heavy (non-hydrogen) atoms. The summed E-state index contributed by atoms with van der Waals surface area (Å²) in [5.74, 6) is -0.959. The van der Waals surface area contributed by atoms with E-state index in [0.717, 1.165) is 11.1 Å². The van der Waals surface area contributed by atoms with Crippen LogP contribution in [0.25, 0.3) is 0 Å². The molecule has 0 aliphatic heterocycles. The lowest BCUT2D eigenvalue weighted by Gasteiger charge is -2.08. The predicted octanol–water partition coefficient (Wildman–Crippen LogP) is 3.12. The maximum atomic E-state index is 11.6. The topological polar surface area (TPSA) is 75.6 Å². The molecule has 2 N–H and O–H groups in total. The Morgan fingerprint density at radius 3 is 2.45 bits per heavy atom. The Morgan fingerprint density at radius 2 is 1.82 bits per heavy atom. The van der Waals surface area contributed by atoms with Gasteiger partial charge in [0.05, 0.1) is 5.56 Å². The molecule has 0 aromatic heterocycles. The number of aromatic carboxylic acids is 1. The van der Waals surface area contributed by atoms with Crippen LogP contribution in [0.4, 0.5) is 4.79 Å². The Bertz CT molecular complexity index is 668. The fraction of sp³-hybridized carbons (Fsp3) is 0.176. The maximum Gasteiger partial charge on any atom is 0.407 e. The Morgan fingerprint density at radius 1 is 1.09 bits per heavy atom. The van der Waals surface area contributed by atoms with Crippen LogP contribution in [0, 0.1) is 6.92 Å². The van der Waals surface area contributed by atoms with Crippen LogP contribution in [-0.4, -0.2) is 17.2 Å². The molecule has 5 heteroatoms. The Balaban J connectivity index is 1.83. The van der Waals surface area contributed by atoms with E-state index in [1.807, 2.05) is 30.3 Å². The lowest BCUT2D eigenvalue weighted by Crippen LogP contribution is -2.23. The third-order valence-corrected chi connectivity index (χ3v) is 3.17. The van der Waals surface area contributed by atoms with Crippen molar-refractivity contribution < 1.29 is 19.4 Å². The highest BCUT2D eigenvalue weighted by molar-refractivity contribution is 5.89. The minimum atomic E-state index is -0.959. The molecule has 0 bridgehead atoms. The number of carboxylic acid groups (broad SMARTS) is 1. The summed E-state index contributed by atoms with van der Waals surface area (Å²) >= 11 is 0. The lowest BCUT2D eigenvalue weighted by atomic mass is 10.1. The van der Waals surface area contributed by atoms with Crippen LogP contribution in [-0.2, 0) is 17.9 Å². The van der Waals surface area contributed by atoms with E-state index in [0.29, 0.717) is 5.56 Å². The molecule has 0 aliphatic carbocycles. The lowest BCUT2D eigenvalue weighted by molar-refractivity contribution is 0.0696. The van der Waals surface area contributed by atoms with Gasteiger partial charge in [-0.05, 0) is 29.7 Å². The molecule has 0 aliphatic rings. The average molecular weight is 299 g/mol. The van der Waals surface area contributed by atoms with Crippen molar-refractivity contribution in [1.29, 1.82) is 0 Å². The van der Waals surface area contributed by atoms with Gasteiger partial charge in [0.1, 0.15) is 6.61 Å². The smallest absolute Gasteiger partial charge is 0.407 e. The van der Waals surface area contributed by atoms with Crippen LogP contribution in [0.3, 0.4) is 0 Å². The molecular formula is C17H17NO4. The molecule has 0 heterocycles. The number of hydrogen-bond acceptors (Lipinski definition) is 3. The van der Waals surface area contributed by atoms with Gasteiger partial charge < -0.3 is 15.2 Å². The SMILES string of the molecule is Cc1cc(CNC(=O)OCc2ccccc2)ccc1C(=O)O. The largest absolute Gasteiger partial charge is 0.478 e. The number of hydrogen-bond donors (Lipinski definition) is 2. The van der Waals surface area contributed by atoms with Crippen molar-refractivity contribution in [3.8, 4) is 0 Å². The van der Waals surface area contributed by atoms with Crippen LogP contribution >= 0.6 is 0 Å². The highest BCUT2D eigenvalue weighted by atomic mass is 16.5. The summed E-state index contributed by atoms with van der Waals surface area (Å²) < 4.78 is 5.10. The van der Waals surface area contributed by atoms with E-state index >= 15 is 0 Å². The molecule has 2 rings (SSSR count). The average Bonchev–Trinajstić information content (AvgIpc) is 2.51.